The van der Waals surface area contributed by atoms with Crippen LogP contribution < -0.4 is 5.73 Å². The molecule has 0 aliphatic heterocycles. The third kappa shape index (κ3) is 3.39. The summed E-state index contributed by atoms with van der Waals surface area (Å²) in [6.45, 7) is 0. The van der Waals surface area contributed by atoms with E-state index in [1.807, 2.05) is 36.3 Å². The Bertz CT molecular complexity index is 449. The molecule has 0 radical (unpaired) electrons. The SMILES string of the molecule is Cn1ccnc1CC(N)CCc1cccnc1. The second-order valence-electron chi connectivity index (χ2n) is 4.32. The van der Waals surface area contributed by atoms with Crippen LogP contribution in [0.1, 0.15) is 17.8 Å². The second kappa shape index (κ2) is 5.59. The molecule has 0 bridgehead atoms. The minimum atomic E-state index is 0.149. The number of nitrogens with zero attached hydrogens (tertiary/aromatic N) is 3. The molecule has 0 fully saturated rings. The topological polar surface area (TPSA) is 56.7 Å². The molecule has 0 aromatic carbocycles. The summed E-state index contributed by atoms with van der Waals surface area (Å²) in [6, 6.07) is 4.19. The lowest BCUT2D eigenvalue weighted by molar-refractivity contribution is 0.581. The highest BCUT2D eigenvalue weighted by Gasteiger charge is 2.07. The Labute approximate surface area is 102 Å². The third-order valence-corrected chi connectivity index (χ3v) is 2.89. The standard InChI is InChI=1S/C13H18N4/c1-17-8-7-16-13(17)9-12(14)5-4-11-3-2-6-15-10-11/h2-3,6-8,10,12H,4-5,9,14H2,1H3. The highest BCUT2D eigenvalue weighted by atomic mass is 15.0. The molecule has 4 nitrogen and oxygen atoms in total. The van der Waals surface area contributed by atoms with E-state index in [4.69, 9.17) is 5.73 Å². The molecule has 17 heavy (non-hydrogen) atoms. The number of imidazole rings is 1. The van der Waals surface area contributed by atoms with E-state index in [1.165, 1.54) is 5.56 Å². The van der Waals surface area contributed by atoms with Gasteiger partial charge >= 0.3 is 0 Å². The molecular weight excluding hydrogens is 212 g/mol. The van der Waals surface area contributed by atoms with Crippen LogP contribution in [0.2, 0.25) is 0 Å². The second-order valence-corrected chi connectivity index (χ2v) is 4.32. The Morgan fingerprint density at radius 3 is 2.94 bits per heavy atom. The van der Waals surface area contributed by atoms with Gasteiger partial charge in [0.15, 0.2) is 0 Å². The number of aromatic nitrogens is 3. The van der Waals surface area contributed by atoms with Crippen molar-refractivity contribution in [1.29, 1.82) is 0 Å². The van der Waals surface area contributed by atoms with Crippen molar-refractivity contribution in [3.05, 3.63) is 48.3 Å². The van der Waals surface area contributed by atoms with Crippen LogP contribution in [-0.2, 0) is 19.9 Å². The molecule has 0 saturated carbocycles. The smallest absolute Gasteiger partial charge is 0.109 e. The highest BCUT2D eigenvalue weighted by molar-refractivity contribution is 5.08. The summed E-state index contributed by atoms with van der Waals surface area (Å²) in [7, 11) is 2.00. The minimum Gasteiger partial charge on any atom is -0.338 e. The third-order valence-electron chi connectivity index (χ3n) is 2.89. The van der Waals surface area contributed by atoms with Gasteiger partial charge in [0.1, 0.15) is 5.82 Å². The fourth-order valence-electron chi connectivity index (χ4n) is 1.83. The van der Waals surface area contributed by atoms with Crippen LogP contribution in [0.15, 0.2) is 36.9 Å². The van der Waals surface area contributed by atoms with E-state index in [0.717, 1.165) is 25.1 Å². The molecular formula is C13H18N4. The highest BCUT2D eigenvalue weighted by Crippen LogP contribution is 2.06. The first-order chi connectivity index (χ1) is 8.25. The first kappa shape index (κ1) is 11.8. The normalized spacial score (nSPS) is 12.6. The van der Waals surface area contributed by atoms with Crippen LogP contribution in [0.3, 0.4) is 0 Å². The van der Waals surface area contributed by atoms with Gasteiger partial charge in [-0.2, -0.15) is 0 Å². The maximum absolute atomic E-state index is 6.11. The van der Waals surface area contributed by atoms with Gasteiger partial charge in [-0.15, -0.1) is 0 Å². The summed E-state index contributed by atoms with van der Waals surface area (Å²) in [5.41, 5.74) is 7.35. The Kier molecular flexibility index (Phi) is 3.88. The predicted octanol–water partition coefficient (Wildman–Crippen LogP) is 1.32. The van der Waals surface area contributed by atoms with Gasteiger partial charge in [-0.1, -0.05) is 6.07 Å². The fourth-order valence-corrected chi connectivity index (χ4v) is 1.83. The number of aryl methyl sites for hydroxylation is 2. The summed E-state index contributed by atoms with van der Waals surface area (Å²) in [5.74, 6) is 1.05. The molecule has 2 heterocycles. The fraction of sp³-hybridized carbons (Fsp3) is 0.385. The van der Waals surface area contributed by atoms with Crippen LogP contribution in [0.25, 0.3) is 0 Å². The zero-order valence-electron chi connectivity index (χ0n) is 10.1. The van der Waals surface area contributed by atoms with Crippen molar-refractivity contribution in [2.24, 2.45) is 12.8 Å². The van der Waals surface area contributed by atoms with Gasteiger partial charge in [-0.25, -0.2) is 4.98 Å². The number of hydrogen-bond donors (Lipinski definition) is 1. The van der Waals surface area contributed by atoms with Crippen LogP contribution >= 0.6 is 0 Å². The maximum atomic E-state index is 6.11. The maximum Gasteiger partial charge on any atom is 0.109 e. The Balaban J connectivity index is 1.82. The molecule has 4 heteroatoms. The lowest BCUT2D eigenvalue weighted by atomic mass is 10.0. The van der Waals surface area contributed by atoms with Crippen LogP contribution in [0.5, 0.6) is 0 Å². The average Bonchev–Trinajstić information content (AvgIpc) is 2.74. The largest absolute Gasteiger partial charge is 0.338 e. The molecule has 90 valence electrons. The first-order valence-corrected chi connectivity index (χ1v) is 5.86. The average molecular weight is 230 g/mol. The molecule has 0 amide bonds. The van der Waals surface area contributed by atoms with Crippen molar-refractivity contribution in [3.8, 4) is 0 Å². The van der Waals surface area contributed by atoms with Gasteiger partial charge < -0.3 is 10.3 Å². The number of hydrogen-bond acceptors (Lipinski definition) is 3. The summed E-state index contributed by atoms with van der Waals surface area (Å²) >= 11 is 0. The van der Waals surface area contributed by atoms with Gasteiger partial charge in [0.25, 0.3) is 0 Å². The predicted molar refractivity (Wildman–Crippen MR) is 67.4 cm³/mol. The molecule has 1 atom stereocenters. The molecule has 0 aliphatic carbocycles. The van der Waals surface area contributed by atoms with Crippen molar-refractivity contribution in [3.63, 3.8) is 0 Å². The van der Waals surface area contributed by atoms with Crippen molar-refractivity contribution >= 4 is 0 Å². The monoisotopic (exact) mass is 230 g/mol. The zero-order valence-corrected chi connectivity index (χ0v) is 10.1. The summed E-state index contributed by atoms with van der Waals surface area (Å²) in [5, 5.41) is 0. The zero-order chi connectivity index (χ0) is 12.1. The Morgan fingerprint density at radius 1 is 1.41 bits per heavy atom. The number of rotatable bonds is 5. The lowest BCUT2D eigenvalue weighted by Crippen LogP contribution is -2.25. The molecule has 0 saturated heterocycles. The van der Waals surface area contributed by atoms with E-state index >= 15 is 0 Å². The van der Waals surface area contributed by atoms with Crippen molar-refractivity contribution in [1.82, 2.24) is 14.5 Å². The van der Waals surface area contributed by atoms with Gasteiger partial charge in [-0.3, -0.25) is 4.98 Å². The minimum absolute atomic E-state index is 0.149. The first-order valence-electron chi connectivity index (χ1n) is 5.86. The molecule has 2 N–H and O–H groups in total. The van der Waals surface area contributed by atoms with Crippen LogP contribution in [0.4, 0.5) is 0 Å². The van der Waals surface area contributed by atoms with E-state index in [2.05, 4.69) is 16.0 Å². The van der Waals surface area contributed by atoms with E-state index in [1.54, 1.807) is 6.20 Å². The molecule has 0 aliphatic rings. The molecule has 2 rings (SSSR count). The van der Waals surface area contributed by atoms with E-state index in [-0.39, 0.29) is 6.04 Å². The Morgan fingerprint density at radius 2 is 2.29 bits per heavy atom. The van der Waals surface area contributed by atoms with Crippen LogP contribution in [0, 0.1) is 0 Å². The Hall–Kier alpha value is -1.68. The van der Waals surface area contributed by atoms with E-state index in [9.17, 15) is 0 Å². The molecule has 2 aromatic heterocycles. The van der Waals surface area contributed by atoms with Gasteiger partial charge in [0.2, 0.25) is 0 Å². The van der Waals surface area contributed by atoms with Gasteiger partial charge in [0.05, 0.1) is 0 Å². The van der Waals surface area contributed by atoms with Crippen molar-refractivity contribution < 1.29 is 0 Å². The lowest BCUT2D eigenvalue weighted by Gasteiger charge is -2.11. The van der Waals surface area contributed by atoms with E-state index < -0.39 is 0 Å². The van der Waals surface area contributed by atoms with Gasteiger partial charge in [-0.05, 0) is 24.5 Å². The van der Waals surface area contributed by atoms with Crippen molar-refractivity contribution in [2.45, 2.75) is 25.3 Å². The molecule has 0 spiro atoms. The number of pyridine rings is 1. The van der Waals surface area contributed by atoms with E-state index in [0.29, 0.717) is 0 Å². The molecule has 1 unspecified atom stereocenters. The number of nitrogens with two attached hydrogens (primary N) is 1. The van der Waals surface area contributed by atoms with Crippen LogP contribution in [-0.4, -0.2) is 20.6 Å². The molecule has 2 aromatic rings. The summed E-state index contributed by atoms with van der Waals surface area (Å²) < 4.78 is 2.02. The van der Waals surface area contributed by atoms with Gasteiger partial charge in [0, 0.05) is 44.3 Å². The quantitative estimate of drug-likeness (QED) is 0.842. The van der Waals surface area contributed by atoms with Crippen molar-refractivity contribution in [2.75, 3.05) is 0 Å². The summed E-state index contributed by atoms with van der Waals surface area (Å²) in [6.07, 6.45) is 10.2. The summed E-state index contributed by atoms with van der Waals surface area (Å²) in [4.78, 5) is 8.38.